The van der Waals surface area contributed by atoms with Crippen LogP contribution >= 0.6 is 0 Å². The van der Waals surface area contributed by atoms with E-state index < -0.39 is 0 Å². The number of para-hydroxylation sites is 1. The van der Waals surface area contributed by atoms with Crippen molar-refractivity contribution in [3.05, 3.63) is 71.8 Å². The molecule has 2 rings (SSSR count). The first kappa shape index (κ1) is 17.9. The molecule has 0 atom stereocenters. The van der Waals surface area contributed by atoms with Crippen molar-refractivity contribution in [3.63, 3.8) is 0 Å². The molecule has 0 fully saturated rings. The maximum atomic E-state index is 6.05. The van der Waals surface area contributed by atoms with Crippen molar-refractivity contribution >= 4 is 0 Å². The van der Waals surface area contributed by atoms with Crippen LogP contribution in [0.1, 0.15) is 22.3 Å². The molecule has 0 bridgehead atoms. The van der Waals surface area contributed by atoms with Crippen LogP contribution in [0.2, 0.25) is 0 Å². The van der Waals surface area contributed by atoms with Crippen LogP contribution in [0.4, 0.5) is 0 Å². The molecule has 2 aromatic rings. The van der Waals surface area contributed by atoms with Crippen LogP contribution in [0.3, 0.4) is 0 Å². The summed E-state index contributed by atoms with van der Waals surface area (Å²) < 4.78 is 11.9. The molecule has 0 heterocycles. The third kappa shape index (κ3) is 3.38. The quantitative estimate of drug-likeness (QED) is 0.607. The second-order valence-corrected chi connectivity index (χ2v) is 5.90. The fourth-order valence-corrected chi connectivity index (χ4v) is 2.87. The molecule has 2 nitrogen and oxygen atoms in total. The van der Waals surface area contributed by atoms with Gasteiger partial charge >= 0.3 is 0 Å². The summed E-state index contributed by atoms with van der Waals surface area (Å²) in [5, 5.41) is 0. The van der Waals surface area contributed by atoms with Gasteiger partial charge in [0.15, 0.2) is 0 Å². The Kier molecular flexibility index (Phi) is 5.86. The number of ether oxygens (including phenoxy) is 2. The van der Waals surface area contributed by atoms with Gasteiger partial charge in [0.25, 0.3) is 0 Å². The fraction of sp³-hybridized carbons (Fsp3) is 0.273. The molecule has 0 saturated heterocycles. The van der Waals surface area contributed by atoms with E-state index in [1.807, 2.05) is 18.2 Å². The first-order valence-corrected chi connectivity index (χ1v) is 8.20. The average Bonchev–Trinajstić information content (AvgIpc) is 2.60. The molecule has 0 saturated carbocycles. The summed E-state index contributed by atoms with van der Waals surface area (Å²) in [5.74, 6) is 1.75. The molecule has 126 valence electrons. The van der Waals surface area contributed by atoms with E-state index in [2.05, 4.69) is 46.9 Å². The van der Waals surface area contributed by atoms with E-state index in [1.54, 1.807) is 12.2 Å². The standard InChI is InChI=1S/C22H26O2/c1-7-13-23-20-12-10-9-11-19(20)21-17(5)15(3)16(4)18(6)22(21)24-14-8-2/h7-12H,1-2,13-14H2,3-6H3. The van der Waals surface area contributed by atoms with Gasteiger partial charge in [-0.05, 0) is 56.0 Å². The molecule has 0 aliphatic carbocycles. The summed E-state index contributed by atoms with van der Waals surface area (Å²) in [6.07, 6.45) is 3.53. The predicted molar refractivity (Wildman–Crippen MR) is 102 cm³/mol. The van der Waals surface area contributed by atoms with Gasteiger partial charge in [0.1, 0.15) is 24.7 Å². The van der Waals surface area contributed by atoms with Gasteiger partial charge in [-0.25, -0.2) is 0 Å². The summed E-state index contributed by atoms with van der Waals surface area (Å²) in [4.78, 5) is 0. The molecule has 0 aromatic heterocycles. The Balaban J connectivity index is 2.73. The molecule has 2 heteroatoms. The van der Waals surface area contributed by atoms with Gasteiger partial charge in [-0.1, -0.05) is 43.5 Å². The van der Waals surface area contributed by atoms with Crippen molar-refractivity contribution in [3.8, 4) is 22.6 Å². The van der Waals surface area contributed by atoms with Crippen molar-refractivity contribution < 1.29 is 9.47 Å². The van der Waals surface area contributed by atoms with E-state index in [0.29, 0.717) is 13.2 Å². The van der Waals surface area contributed by atoms with E-state index in [-0.39, 0.29) is 0 Å². The van der Waals surface area contributed by atoms with E-state index in [9.17, 15) is 0 Å². The lowest BCUT2D eigenvalue weighted by Crippen LogP contribution is -2.05. The van der Waals surface area contributed by atoms with E-state index >= 15 is 0 Å². The first-order chi connectivity index (χ1) is 11.5. The summed E-state index contributed by atoms with van der Waals surface area (Å²) in [6.45, 7) is 17.0. The highest BCUT2D eigenvalue weighted by Crippen LogP contribution is 2.43. The second-order valence-electron chi connectivity index (χ2n) is 5.90. The minimum absolute atomic E-state index is 0.475. The van der Waals surface area contributed by atoms with Crippen LogP contribution in [0.15, 0.2) is 49.6 Å². The van der Waals surface area contributed by atoms with Gasteiger partial charge in [-0.2, -0.15) is 0 Å². The predicted octanol–water partition coefficient (Wildman–Crippen LogP) is 5.72. The SMILES string of the molecule is C=CCOc1ccccc1-c1c(C)c(C)c(C)c(C)c1OCC=C. The molecular weight excluding hydrogens is 296 g/mol. The van der Waals surface area contributed by atoms with E-state index in [1.165, 1.54) is 16.7 Å². The molecule has 0 aliphatic heterocycles. The van der Waals surface area contributed by atoms with Crippen LogP contribution in [-0.2, 0) is 0 Å². The summed E-state index contributed by atoms with van der Waals surface area (Å²) in [5.41, 5.74) is 7.06. The lowest BCUT2D eigenvalue weighted by molar-refractivity contribution is 0.357. The zero-order valence-corrected chi connectivity index (χ0v) is 15.1. The zero-order valence-electron chi connectivity index (χ0n) is 15.1. The monoisotopic (exact) mass is 322 g/mol. The molecule has 2 aromatic carbocycles. The van der Waals surface area contributed by atoms with Crippen molar-refractivity contribution in [1.29, 1.82) is 0 Å². The van der Waals surface area contributed by atoms with Crippen LogP contribution in [0, 0.1) is 27.7 Å². The van der Waals surface area contributed by atoms with Crippen molar-refractivity contribution in [2.75, 3.05) is 13.2 Å². The molecule has 0 spiro atoms. The van der Waals surface area contributed by atoms with Gasteiger partial charge in [0.05, 0.1) is 0 Å². The Morgan fingerprint density at radius 1 is 0.792 bits per heavy atom. The van der Waals surface area contributed by atoms with Gasteiger partial charge in [0, 0.05) is 11.1 Å². The fourth-order valence-electron chi connectivity index (χ4n) is 2.87. The molecule has 24 heavy (non-hydrogen) atoms. The van der Waals surface area contributed by atoms with Crippen molar-refractivity contribution in [1.82, 2.24) is 0 Å². The van der Waals surface area contributed by atoms with Gasteiger partial charge < -0.3 is 9.47 Å². The Morgan fingerprint density at radius 2 is 1.38 bits per heavy atom. The summed E-state index contributed by atoms with van der Waals surface area (Å²) in [6, 6.07) is 8.07. The van der Waals surface area contributed by atoms with Gasteiger partial charge in [-0.15, -0.1) is 0 Å². The third-order valence-corrected chi connectivity index (χ3v) is 4.49. The Morgan fingerprint density at radius 3 is 2.04 bits per heavy atom. The maximum Gasteiger partial charge on any atom is 0.131 e. The highest BCUT2D eigenvalue weighted by molar-refractivity contribution is 5.81. The second kappa shape index (κ2) is 7.87. The third-order valence-electron chi connectivity index (χ3n) is 4.49. The number of rotatable bonds is 7. The Labute approximate surface area is 145 Å². The topological polar surface area (TPSA) is 18.5 Å². The molecule has 0 N–H and O–H groups in total. The molecule has 0 radical (unpaired) electrons. The van der Waals surface area contributed by atoms with E-state index in [0.717, 1.165) is 28.2 Å². The normalized spacial score (nSPS) is 10.3. The highest BCUT2D eigenvalue weighted by atomic mass is 16.5. The van der Waals surface area contributed by atoms with Crippen LogP contribution in [0.5, 0.6) is 11.5 Å². The lowest BCUT2D eigenvalue weighted by Gasteiger charge is -2.22. The highest BCUT2D eigenvalue weighted by Gasteiger charge is 2.20. The molecular formula is C22H26O2. The summed E-state index contributed by atoms with van der Waals surface area (Å²) in [7, 11) is 0. The van der Waals surface area contributed by atoms with Crippen LogP contribution < -0.4 is 9.47 Å². The molecule has 0 amide bonds. The minimum atomic E-state index is 0.475. The Bertz CT molecular complexity index is 757. The smallest absolute Gasteiger partial charge is 0.131 e. The van der Waals surface area contributed by atoms with Gasteiger partial charge in [-0.3, -0.25) is 0 Å². The largest absolute Gasteiger partial charge is 0.489 e. The average molecular weight is 322 g/mol. The minimum Gasteiger partial charge on any atom is -0.489 e. The maximum absolute atomic E-state index is 6.05. The Hall–Kier alpha value is -2.48. The first-order valence-electron chi connectivity index (χ1n) is 8.20. The molecule has 0 aliphatic rings. The number of hydrogen-bond acceptors (Lipinski definition) is 2. The number of benzene rings is 2. The van der Waals surface area contributed by atoms with Crippen molar-refractivity contribution in [2.24, 2.45) is 0 Å². The lowest BCUT2D eigenvalue weighted by atomic mass is 9.89. The zero-order chi connectivity index (χ0) is 17.7. The van der Waals surface area contributed by atoms with Crippen LogP contribution in [0.25, 0.3) is 11.1 Å². The van der Waals surface area contributed by atoms with Crippen molar-refractivity contribution in [2.45, 2.75) is 27.7 Å². The van der Waals surface area contributed by atoms with Gasteiger partial charge in [0.2, 0.25) is 0 Å². The van der Waals surface area contributed by atoms with E-state index in [4.69, 9.17) is 9.47 Å². The molecule has 0 unspecified atom stereocenters. The number of hydrogen-bond donors (Lipinski definition) is 0. The van der Waals surface area contributed by atoms with Crippen LogP contribution in [-0.4, -0.2) is 13.2 Å². The summed E-state index contributed by atoms with van der Waals surface area (Å²) >= 11 is 0.